The maximum absolute atomic E-state index is 12.5. The molecule has 0 saturated heterocycles. The second-order valence-electron chi connectivity index (χ2n) is 6.18. The number of hydrogen-bond donors (Lipinski definition) is 0. The van der Waals surface area contributed by atoms with Crippen molar-refractivity contribution < 1.29 is 23.9 Å². The van der Waals surface area contributed by atoms with Gasteiger partial charge < -0.3 is 9.47 Å². The van der Waals surface area contributed by atoms with E-state index < -0.39 is 24.5 Å². The molecular formula is C20H25N3O5. The summed E-state index contributed by atoms with van der Waals surface area (Å²) >= 11 is 0. The van der Waals surface area contributed by atoms with Gasteiger partial charge in [0, 0.05) is 11.4 Å². The van der Waals surface area contributed by atoms with Crippen LogP contribution >= 0.6 is 0 Å². The molecule has 0 aliphatic heterocycles. The molecule has 8 heteroatoms. The Morgan fingerprint density at radius 1 is 1.07 bits per heavy atom. The van der Waals surface area contributed by atoms with Crippen LogP contribution in [0.5, 0.6) is 0 Å². The van der Waals surface area contributed by atoms with Crippen molar-refractivity contribution in [1.82, 2.24) is 9.78 Å². The molecule has 2 aromatic rings. The summed E-state index contributed by atoms with van der Waals surface area (Å²) in [5.41, 5.74) is 2.35. The third-order valence-electron chi connectivity index (χ3n) is 3.95. The third-order valence-corrected chi connectivity index (χ3v) is 3.95. The summed E-state index contributed by atoms with van der Waals surface area (Å²) in [4.78, 5) is 37.6. The van der Waals surface area contributed by atoms with Crippen LogP contribution in [0.25, 0.3) is 0 Å². The van der Waals surface area contributed by atoms with E-state index in [4.69, 9.17) is 9.47 Å². The van der Waals surface area contributed by atoms with Crippen LogP contribution in [0.15, 0.2) is 36.4 Å². The first-order chi connectivity index (χ1) is 13.4. The average molecular weight is 387 g/mol. The number of anilines is 1. The smallest absolute Gasteiger partial charge is 0.326 e. The molecule has 150 valence electrons. The predicted molar refractivity (Wildman–Crippen MR) is 103 cm³/mol. The maximum atomic E-state index is 12.5. The third kappa shape index (κ3) is 6.22. The number of rotatable bonds is 9. The highest BCUT2D eigenvalue weighted by Gasteiger charge is 2.21. The Bertz CT molecular complexity index is 817. The molecular weight excluding hydrogens is 362 g/mol. The van der Waals surface area contributed by atoms with E-state index in [1.54, 1.807) is 41.9 Å². The summed E-state index contributed by atoms with van der Waals surface area (Å²) in [7, 11) is 0. The van der Waals surface area contributed by atoms with Crippen molar-refractivity contribution in [2.75, 3.05) is 24.7 Å². The molecule has 0 bridgehead atoms. The van der Waals surface area contributed by atoms with Gasteiger partial charge in [0.25, 0.3) is 5.91 Å². The van der Waals surface area contributed by atoms with Gasteiger partial charge in [0.05, 0.1) is 25.3 Å². The van der Waals surface area contributed by atoms with Crippen molar-refractivity contribution in [3.63, 3.8) is 0 Å². The van der Waals surface area contributed by atoms with E-state index in [0.717, 1.165) is 11.4 Å². The van der Waals surface area contributed by atoms with Gasteiger partial charge in [-0.15, -0.1) is 0 Å². The van der Waals surface area contributed by atoms with Crippen LogP contribution in [-0.4, -0.2) is 47.4 Å². The van der Waals surface area contributed by atoms with Gasteiger partial charge in [0.2, 0.25) is 0 Å². The van der Waals surface area contributed by atoms with Crippen molar-refractivity contribution in [3.8, 4) is 0 Å². The van der Waals surface area contributed by atoms with Gasteiger partial charge in [0.1, 0.15) is 6.54 Å². The second kappa shape index (κ2) is 10.2. The van der Waals surface area contributed by atoms with Gasteiger partial charge in [-0.05, 0) is 39.0 Å². The number of benzene rings is 1. The van der Waals surface area contributed by atoms with Crippen LogP contribution in [-0.2, 0) is 30.4 Å². The lowest BCUT2D eigenvalue weighted by molar-refractivity contribution is -0.148. The lowest BCUT2D eigenvalue weighted by Gasteiger charge is -2.21. The van der Waals surface area contributed by atoms with Crippen LogP contribution in [0.4, 0.5) is 5.69 Å². The first kappa shape index (κ1) is 21.1. The molecule has 0 saturated carbocycles. The molecule has 0 unspecified atom stereocenters. The lowest BCUT2D eigenvalue weighted by atomic mass is 10.3. The number of carbonyl (C=O) groups excluding carboxylic acids is 3. The Morgan fingerprint density at radius 3 is 2.39 bits per heavy atom. The zero-order valence-corrected chi connectivity index (χ0v) is 16.4. The highest BCUT2D eigenvalue weighted by molar-refractivity contribution is 5.99. The molecule has 0 aliphatic carbocycles. The Labute approximate surface area is 164 Å². The summed E-state index contributed by atoms with van der Waals surface area (Å²) < 4.78 is 11.7. The topological polar surface area (TPSA) is 90.7 Å². The van der Waals surface area contributed by atoms with Crippen molar-refractivity contribution >= 4 is 23.5 Å². The van der Waals surface area contributed by atoms with E-state index in [9.17, 15) is 14.4 Å². The fraction of sp³-hybridized carbons (Fsp3) is 0.400. The normalized spacial score (nSPS) is 10.4. The predicted octanol–water partition coefficient (Wildman–Crippen LogP) is 2.03. The minimum Gasteiger partial charge on any atom is -0.465 e. The van der Waals surface area contributed by atoms with Crippen molar-refractivity contribution in [1.29, 1.82) is 0 Å². The van der Waals surface area contributed by atoms with Gasteiger partial charge in [-0.2, -0.15) is 5.10 Å². The summed E-state index contributed by atoms with van der Waals surface area (Å²) in [6.07, 6.45) is 0.0957. The summed E-state index contributed by atoms with van der Waals surface area (Å²) in [5, 5.41) is 4.28. The summed E-state index contributed by atoms with van der Waals surface area (Å²) in [5.74, 6) is -1.54. The van der Waals surface area contributed by atoms with E-state index >= 15 is 0 Å². The Balaban J connectivity index is 1.92. The van der Waals surface area contributed by atoms with E-state index in [0.29, 0.717) is 12.2 Å². The molecule has 1 amide bonds. The summed E-state index contributed by atoms with van der Waals surface area (Å²) in [6, 6.07) is 10.6. The molecule has 1 aromatic heterocycles. The van der Waals surface area contributed by atoms with Crippen LogP contribution in [0.1, 0.15) is 24.7 Å². The Morgan fingerprint density at radius 2 is 1.79 bits per heavy atom. The minimum absolute atomic E-state index is 0.0957. The first-order valence-corrected chi connectivity index (χ1v) is 9.08. The molecule has 0 spiro atoms. The highest BCUT2D eigenvalue weighted by Crippen LogP contribution is 2.14. The SMILES string of the molecule is CCOC(=O)CN(C(=O)COC(=O)CCn1nc(C)cc1C)c1ccccc1. The van der Waals surface area contributed by atoms with Crippen LogP contribution < -0.4 is 4.90 Å². The number of aryl methyl sites for hydroxylation is 3. The van der Waals surface area contributed by atoms with Gasteiger partial charge in [-0.3, -0.25) is 24.0 Å². The maximum Gasteiger partial charge on any atom is 0.326 e. The molecule has 2 rings (SSSR count). The average Bonchev–Trinajstić information content (AvgIpc) is 3.00. The number of para-hydroxylation sites is 1. The number of aromatic nitrogens is 2. The monoisotopic (exact) mass is 387 g/mol. The van der Waals surface area contributed by atoms with E-state index in [1.165, 1.54) is 4.90 Å². The number of carbonyl (C=O) groups is 3. The standard InChI is InChI=1S/C20H25N3O5/c1-4-27-20(26)13-22(17-8-6-5-7-9-17)18(24)14-28-19(25)10-11-23-16(3)12-15(2)21-23/h5-9,12H,4,10-11,13-14H2,1-3H3. The quantitative estimate of drug-likeness (QED) is 0.612. The van der Waals surface area contributed by atoms with Crippen molar-refractivity contribution in [2.24, 2.45) is 0 Å². The van der Waals surface area contributed by atoms with E-state index in [2.05, 4.69) is 5.10 Å². The molecule has 0 radical (unpaired) electrons. The molecule has 28 heavy (non-hydrogen) atoms. The van der Waals surface area contributed by atoms with E-state index in [1.807, 2.05) is 19.9 Å². The van der Waals surface area contributed by atoms with Gasteiger partial charge >= 0.3 is 11.9 Å². The van der Waals surface area contributed by atoms with Gasteiger partial charge in [-0.1, -0.05) is 18.2 Å². The number of amides is 1. The summed E-state index contributed by atoms with van der Waals surface area (Å²) in [6.45, 7) is 5.36. The van der Waals surface area contributed by atoms with Crippen LogP contribution in [0.3, 0.4) is 0 Å². The first-order valence-electron chi connectivity index (χ1n) is 9.08. The number of hydrogen-bond acceptors (Lipinski definition) is 6. The molecule has 0 aliphatic rings. The van der Waals surface area contributed by atoms with Crippen LogP contribution in [0.2, 0.25) is 0 Å². The van der Waals surface area contributed by atoms with Crippen LogP contribution in [0, 0.1) is 13.8 Å². The van der Waals surface area contributed by atoms with Gasteiger partial charge in [0.15, 0.2) is 6.61 Å². The molecule has 8 nitrogen and oxygen atoms in total. The highest BCUT2D eigenvalue weighted by atomic mass is 16.5. The minimum atomic E-state index is -0.532. The Kier molecular flexibility index (Phi) is 7.74. The number of nitrogens with zero attached hydrogens (tertiary/aromatic N) is 3. The molecule has 1 heterocycles. The van der Waals surface area contributed by atoms with Crippen molar-refractivity contribution in [2.45, 2.75) is 33.7 Å². The fourth-order valence-electron chi connectivity index (χ4n) is 2.66. The molecule has 1 aromatic carbocycles. The number of esters is 2. The second-order valence-corrected chi connectivity index (χ2v) is 6.18. The van der Waals surface area contributed by atoms with Crippen molar-refractivity contribution in [3.05, 3.63) is 47.8 Å². The number of ether oxygens (including phenoxy) is 2. The van der Waals surface area contributed by atoms with Gasteiger partial charge in [-0.25, -0.2) is 0 Å². The lowest BCUT2D eigenvalue weighted by Crippen LogP contribution is -2.39. The zero-order chi connectivity index (χ0) is 20.5. The molecule has 0 fully saturated rings. The fourth-order valence-corrected chi connectivity index (χ4v) is 2.66. The zero-order valence-electron chi connectivity index (χ0n) is 16.4. The Hall–Kier alpha value is -3.16. The molecule has 0 atom stereocenters. The van der Waals surface area contributed by atoms with E-state index in [-0.39, 0.29) is 19.6 Å². The largest absolute Gasteiger partial charge is 0.465 e. The molecule has 0 N–H and O–H groups in total.